The van der Waals surface area contributed by atoms with E-state index >= 15 is 0 Å². The fraction of sp³-hybridized carbons (Fsp3) is 0.333. The van der Waals surface area contributed by atoms with Gasteiger partial charge in [-0.3, -0.25) is 9.59 Å². The lowest BCUT2D eigenvalue weighted by Gasteiger charge is -2.13. The van der Waals surface area contributed by atoms with Gasteiger partial charge in [0.15, 0.2) is 0 Å². The van der Waals surface area contributed by atoms with Crippen molar-refractivity contribution in [1.29, 1.82) is 0 Å². The van der Waals surface area contributed by atoms with Gasteiger partial charge in [0.05, 0.1) is 18.8 Å². The summed E-state index contributed by atoms with van der Waals surface area (Å²) in [5.41, 5.74) is 4.12. The smallest absolute Gasteiger partial charge is 0.251 e. The Bertz CT molecular complexity index is 798. The Balaban J connectivity index is 1.96. The summed E-state index contributed by atoms with van der Waals surface area (Å²) in [4.78, 5) is 24.5. The number of hydrogen-bond acceptors (Lipinski definition) is 4. The summed E-state index contributed by atoms with van der Waals surface area (Å²) in [5, 5.41) is 5.42. The minimum Gasteiger partial charge on any atom is -0.489 e. The Labute approximate surface area is 159 Å². The lowest BCUT2D eigenvalue weighted by Crippen LogP contribution is -2.33. The molecule has 144 valence electrons. The van der Waals surface area contributed by atoms with E-state index in [4.69, 9.17) is 9.47 Å². The molecule has 0 aromatic heterocycles. The fourth-order valence-corrected chi connectivity index (χ4v) is 2.65. The molecule has 0 saturated heterocycles. The molecule has 0 bridgehead atoms. The molecule has 27 heavy (non-hydrogen) atoms. The molecule has 0 aliphatic rings. The molecule has 0 saturated carbocycles. The maximum atomic E-state index is 12.3. The SMILES string of the molecule is COCCOc1cc(C)ccc1NC(=O)CNC(=O)c1cc(C)cc(C)c1. The number of methoxy groups -OCH3 is 1. The van der Waals surface area contributed by atoms with Gasteiger partial charge in [0.1, 0.15) is 12.4 Å². The minimum atomic E-state index is -0.326. The van der Waals surface area contributed by atoms with E-state index in [-0.39, 0.29) is 18.4 Å². The number of carbonyl (C=O) groups excluding carboxylic acids is 2. The van der Waals surface area contributed by atoms with Crippen molar-refractivity contribution in [2.24, 2.45) is 0 Å². The Morgan fingerprint density at radius 1 is 0.926 bits per heavy atom. The zero-order valence-corrected chi connectivity index (χ0v) is 16.2. The number of carbonyl (C=O) groups is 2. The molecule has 2 amide bonds. The van der Waals surface area contributed by atoms with Crippen LogP contribution in [-0.4, -0.2) is 38.7 Å². The van der Waals surface area contributed by atoms with Gasteiger partial charge < -0.3 is 20.1 Å². The molecule has 2 rings (SSSR count). The lowest BCUT2D eigenvalue weighted by atomic mass is 10.1. The molecule has 0 aliphatic heterocycles. The summed E-state index contributed by atoms with van der Waals surface area (Å²) in [6.45, 7) is 6.51. The lowest BCUT2D eigenvalue weighted by molar-refractivity contribution is -0.115. The summed E-state index contributed by atoms with van der Waals surface area (Å²) in [6.07, 6.45) is 0. The van der Waals surface area contributed by atoms with Crippen LogP contribution < -0.4 is 15.4 Å². The van der Waals surface area contributed by atoms with Crippen LogP contribution in [-0.2, 0) is 9.53 Å². The van der Waals surface area contributed by atoms with E-state index in [1.54, 1.807) is 25.3 Å². The van der Waals surface area contributed by atoms with E-state index in [2.05, 4.69) is 10.6 Å². The number of benzene rings is 2. The number of ether oxygens (including phenoxy) is 2. The second-order valence-electron chi connectivity index (χ2n) is 6.45. The fourth-order valence-electron chi connectivity index (χ4n) is 2.65. The summed E-state index contributed by atoms with van der Waals surface area (Å²) in [6, 6.07) is 11.1. The number of amides is 2. The third-order valence-electron chi connectivity index (χ3n) is 3.85. The Kier molecular flexibility index (Phi) is 7.37. The highest BCUT2D eigenvalue weighted by Gasteiger charge is 2.12. The molecule has 6 nitrogen and oxygen atoms in total. The standard InChI is InChI=1S/C21H26N2O4/c1-14-5-6-18(19(12-14)27-8-7-26-4)23-20(24)13-22-21(25)17-10-15(2)9-16(3)11-17/h5-6,9-12H,7-8,13H2,1-4H3,(H,22,25)(H,23,24). The zero-order valence-electron chi connectivity index (χ0n) is 16.2. The van der Waals surface area contributed by atoms with Crippen LogP contribution in [0.2, 0.25) is 0 Å². The highest BCUT2D eigenvalue weighted by Crippen LogP contribution is 2.25. The van der Waals surface area contributed by atoms with Gasteiger partial charge in [0, 0.05) is 12.7 Å². The molecular weight excluding hydrogens is 344 g/mol. The molecule has 2 aromatic carbocycles. The second kappa shape index (κ2) is 9.73. The van der Waals surface area contributed by atoms with Crippen molar-refractivity contribution in [3.8, 4) is 5.75 Å². The van der Waals surface area contributed by atoms with E-state index in [0.29, 0.717) is 30.2 Å². The van der Waals surface area contributed by atoms with Crippen molar-refractivity contribution in [2.45, 2.75) is 20.8 Å². The Morgan fingerprint density at radius 2 is 1.63 bits per heavy atom. The van der Waals surface area contributed by atoms with Gasteiger partial charge in [-0.05, 0) is 50.6 Å². The maximum absolute atomic E-state index is 12.3. The summed E-state index contributed by atoms with van der Waals surface area (Å²) in [7, 11) is 1.60. The summed E-state index contributed by atoms with van der Waals surface area (Å²) >= 11 is 0. The van der Waals surface area contributed by atoms with Crippen molar-refractivity contribution in [2.75, 3.05) is 32.2 Å². The molecule has 0 atom stereocenters. The van der Waals surface area contributed by atoms with Gasteiger partial charge in [0.2, 0.25) is 5.91 Å². The molecule has 0 unspecified atom stereocenters. The monoisotopic (exact) mass is 370 g/mol. The normalized spacial score (nSPS) is 10.4. The molecular formula is C21H26N2O4. The molecule has 0 radical (unpaired) electrons. The van der Waals surface area contributed by atoms with Crippen LogP contribution in [0, 0.1) is 20.8 Å². The highest BCUT2D eigenvalue weighted by molar-refractivity contribution is 6.00. The van der Waals surface area contributed by atoms with Crippen LogP contribution in [0.25, 0.3) is 0 Å². The van der Waals surface area contributed by atoms with E-state index < -0.39 is 0 Å². The van der Waals surface area contributed by atoms with Crippen molar-refractivity contribution in [3.05, 3.63) is 58.7 Å². The highest BCUT2D eigenvalue weighted by atomic mass is 16.5. The van der Waals surface area contributed by atoms with E-state index in [1.807, 2.05) is 39.0 Å². The maximum Gasteiger partial charge on any atom is 0.251 e. The summed E-state index contributed by atoms with van der Waals surface area (Å²) < 4.78 is 10.6. The van der Waals surface area contributed by atoms with Crippen LogP contribution in [0.5, 0.6) is 5.75 Å². The number of hydrogen-bond donors (Lipinski definition) is 2. The van der Waals surface area contributed by atoms with E-state index in [1.165, 1.54) is 0 Å². The Morgan fingerprint density at radius 3 is 2.30 bits per heavy atom. The molecule has 0 spiro atoms. The van der Waals surface area contributed by atoms with Crippen LogP contribution in [0.15, 0.2) is 36.4 Å². The Hall–Kier alpha value is -2.86. The van der Waals surface area contributed by atoms with Crippen molar-refractivity contribution >= 4 is 17.5 Å². The van der Waals surface area contributed by atoms with Gasteiger partial charge in [-0.15, -0.1) is 0 Å². The third kappa shape index (κ3) is 6.42. The van der Waals surface area contributed by atoms with E-state index in [0.717, 1.165) is 16.7 Å². The molecule has 0 fully saturated rings. The number of anilines is 1. The van der Waals surface area contributed by atoms with Gasteiger partial charge in [-0.25, -0.2) is 0 Å². The van der Waals surface area contributed by atoms with Crippen LogP contribution in [0.1, 0.15) is 27.0 Å². The quantitative estimate of drug-likeness (QED) is 0.701. The van der Waals surface area contributed by atoms with Gasteiger partial charge in [-0.1, -0.05) is 23.3 Å². The van der Waals surface area contributed by atoms with Gasteiger partial charge >= 0.3 is 0 Å². The van der Waals surface area contributed by atoms with Crippen LogP contribution in [0.4, 0.5) is 5.69 Å². The number of rotatable bonds is 8. The third-order valence-corrected chi connectivity index (χ3v) is 3.85. The zero-order chi connectivity index (χ0) is 19.8. The average Bonchev–Trinajstić information content (AvgIpc) is 2.61. The number of aryl methyl sites for hydroxylation is 3. The molecule has 0 aliphatic carbocycles. The number of nitrogens with one attached hydrogen (secondary N) is 2. The van der Waals surface area contributed by atoms with Gasteiger partial charge in [-0.2, -0.15) is 0 Å². The molecule has 2 aromatic rings. The van der Waals surface area contributed by atoms with Crippen molar-refractivity contribution < 1.29 is 19.1 Å². The first kappa shape index (κ1) is 20.5. The van der Waals surface area contributed by atoms with Crippen molar-refractivity contribution in [1.82, 2.24) is 5.32 Å². The van der Waals surface area contributed by atoms with Crippen molar-refractivity contribution in [3.63, 3.8) is 0 Å². The summed E-state index contributed by atoms with van der Waals surface area (Å²) in [5.74, 6) is -0.0355. The second-order valence-corrected chi connectivity index (χ2v) is 6.45. The first-order valence-electron chi connectivity index (χ1n) is 8.78. The predicted molar refractivity (Wildman–Crippen MR) is 105 cm³/mol. The predicted octanol–water partition coefficient (Wildman–Crippen LogP) is 3.01. The molecule has 6 heteroatoms. The minimum absolute atomic E-state index is 0.128. The first-order chi connectivity index (χ1) is 12.9. The first-order valence-corrected chi connectivity index (χ1v) is 8.78. The van der Waals surface area contributed by atoms with Crippen LogP contribution >= 0.6 is 0 Å². The van der Waals surface area contributed by atoms with Crippen LogP contribution in [0.3, 0.4) is 0 Å². The molecule has 2 N–H and O–H groups in total. The largest absolute Gasteiger partial charge is 0.489 e. The topological polar surface area (TPSA) is 76.7 Å². The van der Waals surface area contributed by atoms with Gasteiger partial charge in [0.25, 0.3) is 5.91 Å². The molecule has 0 heterocycles. The van der Waals surface area contributed by atoms with E-state index in [9.17, 15) is 9.59 Å². The average molecular weight is 370 g/mol.